The lowest BCUT2D eigenvalue weighted by Crippen LogP contribution is -2.17. The average molecular weight is 306 g/mol. The highest BCUT2D eigenvalue weighted by Gasteiger charge is 2.07. The first-order valence-corrected chi connectivity index (χ1v) is 6.54. The summed E-state index contributed by atoms with van der Waals surface area (Å²) in [6, 6.07) is 11.9. The van der Waals surface area contributed by atoms with E-state index in [2.05, 4.69) is 25.8 Å². The molecule has 0 aliphatic heterocycles. The van der Waals surface area contributed by atoms with Crippen molar-refractivity contribution in [2.24, 2.45) is 0 Å². The number of hydrogen-bond donors (Lipinski definition) is 1. The van der Waals surface area contributed by atoms with E-state index in [1.807, 2.05) is 50.4 Å². The molecule has 0 saturated carbocycles. The van der Waals surface area contributed by atoms with Gasteiger partial charge in [0.2, 0.25) is 0 Å². The third-order valence-corrected chi connectivity index (χ3v) is 3.36. The van der Waals surface area contributed by atoms with E-state index in [0.717, 1.165) is 33.8 Å². The van der Waals surface area contributed by atoms with Gasteiger partial charge in [0.05, 0.1) is 17.9 Å². The van der Waals surface area contributed by atoms with Crippen LogP contribution in [0, 0.1) is 6.92 Å². The molecule has 1 heterocycles. The van der Waals surface area contributed by atoms with E-state index in [1.54, 1.807) is 0 Å². The van der Waals surface area contributed by atoms with Crippen molar-refractivity contribution in [2.75, 3.05) is 17.7 Å². The molecule has 2 N–H and O–H groups in total. The second-order valence-electron chi connectivity index (χ2n) is 4.34. The monoisotopic (exact) mass is 305 g/mol. The molecule has 1 aromatic heterocycles. The van der Waals surface area contributed by atoms with Crippen LogP contribution in [0.3, 0.4) is 0 Å². The third-order valence-electron chi connectivity index (χ3n) is 2.73. The highest BCUT2D eigenvalue weighted by atomic mass is 79.9. The lowest BCUT2D eigenvalue weighted by atomic mass is 10.2. The molecule has 0 saturated heterocycles. The predicted octanol–water partition coefficient (Wildman–Crippen LogP) is 3.37. The van der Waals surface area contributed by atoms with Crippen molar-refractivity contribution in [1.82, 2.24) is 4.98 Å². The number of rotatable bonds is 3. The summed E-state index contributed by atoms with van der Waals surface area (Å²) in [5.74, 6) is 0. The highest BCUT2D eigenvalue weighted by Crippen LogP contribution is 2.28. The van der Waals surface area contributed by atoms with Gasteiger partial charge in [-0.15, -0.1) is 0 Å². The van der Waals surface area contributed by atoms with Gasteiger partial charge in [-0.3, -0.25) is 4.98 Å². The lowest BCUT2D eigenvalue weighted by Gasteiger charge is -2.20. The number of aromatic nitrogens is 1. The van der Waals surface area contributed by atoms with Crippen LogP contribution >= 0.6 is 15.9 Å². The first-order valence-electron chi connectivity index (χ1n) is 5.75. The number of nitrogens with zero attached hydrogens (tertiary/aromatic N) is 2. The number of benzene rings is 1. The van der Waals surface area contributed by atoms with E-state index >= 15 is 0 Å². The molecule has 1 aromatic carbocycles. The molecule has 0 unspecified atom stereocenters. The van der Waals surface area contributed by atoms with Gasteiger partial charge in [0.1, 0.15) is 0 Å². The standard InChI is InChI=1S/C14H16BrN3/c1-10-4-3-5-12(17-10)9-18(2)14-7-6-11(16)8-13(14)15/h3-8H,9,16H2,1-2H3. The van der Waals surface area contributed by atoms with Gasteiger partial charge < -0.3 is 10.6 Å². The Morgan fingerprint density at radius 1 is 1.28 bits per heavy atom. The number of nitrogens with two attached hydrogens (primary N) is 1. The second kappa shape index (κ2) is 5.40. The molecule has 4 heteroatoms. The van der Waals surface area contributed by atoms with E-state index in [-0.39, 0.29) is 0 Å². The average Bonchev–Trinajstić information content (AvgIpc) is 2.28. The van der Waals surface area contributed by atoms with Crippen LogP contribution in [0.2, 0.25) is 0 Å². The van der Waals surface area contributed by atoms with Crippen LogP contribution in [-0.2, 0) is 6.54 Å². The minimum atomic E-state index is 0.757. The van der Waals surface area contributed by atoms with Crippen LogP contribution in [0.25, 0.3) is 0 Å². The summed E-state index contributed by atoms with van der Waals surface area (Å²) in [7, 11) is 2.04. The van der Waals surface area contributed by atoms with Crippen LogP contribution in [0.15, 0.2) is 40.9 Å². The fourth-order valence-corrected chi connectivity index (χ4v) is 2.55. The number of hydrogen-bond acceptors (Lipinski definition) is 3. The molecule has 0 aliphatic rings. The first-order chi connectivity index (χ1) is 8.56. The van der Waals surface area contributed by atoms with Gasteiger partial charge in [-0.25, -0.2) is 0 Å². The molecule has 0 amide bonds. The van der Waals surface area contributed by atoms with Gasteiger partial charge in [-0.1, -0.05) is 6.07 Å². The predicted molar refractivity (Wildman–Crippen MR) is 79.6 cm³/mol. The number of anilines is 2. The fraction of sp³-hybridized carbons (Fsp3) is 0.214. The molecule has 0 spiro atoms. The van der Waals surface area contributed by atoms with Gasteiger partial charge in [0.25, 0.3) is 0 Å². The Hall–Kier alpha value is -1.55. The van der Waals surface area contributed by atoms with Gasteiger partial charge in [0.15, 0.2) is 0 Å². The summed E-state index contributed by atoms with van der Waals surface area (Å²) in [6.07, 6.45) is 0. The van der Waals surface area contributed by atoms with Crippen LogP contribution in [0.5, 0.6) is 0 Å². The summed E-state index contributed by atoms with van der Waals surface area (Å²) in [4.78, 5) is 6.65. The maximum absolute atomic E-state index is 5.74. The molecule has 0 bridgehead atoms. The Bertz CT molecular complexity index is 554. The van der Waals surface area contributed by atoms with E-state index in [4.69, 9.17) is 5.73 Å². The van der Waals surface area contributed by atoms with Crippen LogP contribution in [-0.4, -0.2) is 12.0 Å². The molecule has 94 valence electrons. The van der Waals surface area contributed by atoms with Crippen molar-refractivity contribution in [3.63, 3.8) is 0 Å². The van der Waals surface area contributed by atoms with Crippen molar-refractivity contribution in [2.45, 2.75) is 13.5 Å². The molecular formula is C14H16BrN3. The Morgan fingerprint density at radius 3 is 2.72 bits per heavy atom. The second-order valence-corrected chi connectivity index (χ2v) is 5.19. The molecule has 2 aromatic rings. The van der Waals surface area contributed by atoms with Crippen LogP contribution < -0.4 is 10.6 Å². The third kappa shape index (κ3) is 3.01. The molecule has 0 radical (unpaired) electrons. The van der Waals surface area contributed by atoms with Gasteiger partial charge in [-0.05, 0) is 53.2 Å². The quantitative estimate of drug-likeness (QED) is 0.884. The topological polar surface area (TPSA) is 42.1 Å². The maximum Gasteiger partial charge on any atom is 0.0600 e. The molecule has 2 rings (SSSR count). The number of halogens is 1. The van der Waals surface area contributed by atoms with Crippen molar-refractivity contribution in [3.8, 4) is 0 Å². The van der Waals surface area contributed by atoms with Gasteiger partial charge in [0, 0.05) is 22.9 Å². The van der Waals surface area contributed by atoms with Gasteiger partial charge >= 0.3 is 0 Å². The van der Waals surface area contributed by atoms with Gasteiger partial charge in [-0.2, -0.15) is 0 Å². The smallest absolute Gasteiger partial charge is 0.0600 e. The SMILES string of the molecule is Cc1cccc(CN(C)c2ccc(N)cc2Br)n1. The molecular weight excluding hydrogens is 290 g/mol. The molecule has 0 atom stereocenters. The van der Waals surface area contributed by atoms with Crippen LogP contribution in [0.4, 0.5) is 11.4 Å². The summed E-state index contributed by atoms with van der Waals surface area (Å²) in [5.41, 5.74) is 9.70. The minimum absolute atomic E-state index is 0.757. The highest BCUT2D eigenvalue weighted by molar-refractivity contribution is 9.10. The summed E-state index contributed by atoms with van der Waals surface area (Å²) < 4.78 is 0.998. The minimum Gasteiger partial charge on any atom is -0.399 e. The van der Waals surface area contributed by atoms with Crippen molar-refractivity contribution in [1.29, 1.82) is 0 Å². The fourth-order valence-electron chi connectivity index (χ4n) is 1.85. The Labute approximate surface area is 116 Å². The normalized spacial score (nSPS) is 10.4. The van der Waals surface area contributed by atoms with Crippen molar-refractivity contribution < 1.29 is 0 Å². The zero-order valence-electron chi connectivity index (χ0n) is 10.5. The van der Waals surface area contributed by atoms with E-state index < -0.39 is 0 Å². The largest absolute Gasteiger partial charge is 0.399 e. The number of pyridine rings is 1. The summed E-state index contributed by atoms with van der Waals surface area (Å²) in [5, 5.41) is 0. The summed E-state index contributed by atoms with van der Waals surface area (Å²) >= 11 is 3.53. The zero-order chi connectivity index (χ0) is 13.1. The molecule has 18 heavy (non-hydrogen) atoms. The number of aryl methyl sites for hydroxylation is 1. The maximum atomic E-state index is 5.74. The first kappa shape index (κ1) is 12.9. The molecule has 0 fully saturated rings. The van der Waals surface area contributed by atoms with Crippen molar-refractivity contribution in [3.05, 3.63) is 52.3 Å². The number of nitrogen functional groups attached to an aromatic ring is 1. The zero-order valence-corrected chi connectivity index (χ0v) is 12.1. The Kier molecular flexibility index (Phi) is 3.87. The van der Waals surface area contributed by atoms with E-state index in [0.29, 0.717) is 0 Å². The summed E-state index contributed by atoms with van der Waals surface area (Å²) in [6.45, 7) is 2.77. The Balaban J connectivity index is 2.19. The van der Waals surface area contributed by atoms with E-state index in [9.17, 15) is 0 Å². The van der Waals surface area contributed by atoms with Crippen LogP contribution in [0.1, 0.15) is 11.4 Å². The molecule has 0 aliphatic carbocycles. The Morgan fingerprint density at radius 2 is 2.06 bits per heavy atom. The van der Waals surface area contributed by atoms with Crippen molar-refractivity contribution >= 4 is 27.3 Å². The lowest BCUT2D eigenvalue weighted by molar-refractivity contribution is 0.875. The van der Waals surface area contributed by atoms with E-state index in [1.165, 1.54) is 0 Å². The molecule has 3 nitrogen and oxygen atoms in total.